The quantitative estimate of drug-likeness (QED) is 0.903. The lowest BCUT2D eigenvalue weighted by atomic mass is 10.2. The highest BCUT2D eigenvalue weighted by Gasteiger charge is 2.23. The normalized spacial score (nSPS) is 10.4. The number of amides is 2. The standard InChI is InChI=1S/C14H19FN2O3/c1-10(2)17(9-8-13(18)19)14(20)16(3)12-7-5-4-6-11(12)15/h4-7,10H,8-9H2,1-3H3,(H,18,19). The van der Waals surface area contributed by atoms with Crippen molar-refractivity contribution in [3.05, 3.63) is 30.1 Å². The van der Waals surface area contributed by atoms with Crippen LogP contribution in [0, 0.1) is 5.82 Å². The molecule has 0 radical (unpaired) electrons. The number of para-hydroxylation sites is 1. The lowest BCUT2D eigenvalue weighted by Gasteiger charge is -2.31. The molecular formula is C14H19FN2O3. The molecule has 0 fully saturated rings. The summed E-state index contributed by atoms with van der Waals surface area (Å²) in [5.41, 5.74) is 0.165. The zero-order valence-corrected chi connectivity index (χ0v) is 11.8. The van der Waals surface area contributed by atoms with E-state index in [9.17, 15) is 14.0 Å². The molecule has 0 spiro atoms. The first kappa shape index (κ1) is 15.9. The maximum atomic E-state index is 13.7. The molecule has 0 aromatic heterocycles. The molecule has 2 amide bonds. The molecule has 1 aromatic rings. The number of carbonyl (C=O) groups is 2. The fraction of sp³-hybridized carbons (Fsp3) is 0.429. The van der Waals surface area contributed by atoms with E-state index < -0.39 is 17.8 Å². The number of anilines is 1. The summed E-state index contributed by atoms with van der Waals surface area (Å²) < 4.78 is 13.7. The third-order valence-electron chi connectivity index (χ3n) is 2.94. The summed E-state index contributed by atoms with van der Waals surface area (Å²) in [6.07, 6.45) is -0.144. The zero-order valence-electron chi connectivity index (χ0n) is 11.8. The van der Waals surface area contributed by atoms with Gasteiger partial charge >= 0.3 is 12.0 Å². The van der Waals surface area contributed by atoms with E-state index in [0.717, 1.165) is 0 Å². The van der Waals surface area contributed by atoms with Crippen molar-refractivity contribution in [1.82, 2.24) is 4.90 Å². The minimum absolute atomic E-state index is 0.0879. The number of urea groups is 1. The smallest absolute Gasteiger partial charge is 0.324 e. The van der Waals surface area contributed by atoms with E-state index in [1.807, 2.05) is 0 Å². The van der Waals surface area contributed by atoms with E-state index in [2.05, 4.69) is 0 Å². The van der Waals surface area contributed by atoms with Crippen molar-refractivity contribution in [2.45, 2.75) is 26.3 Å². The van der Waals surface area contributed by atoms with Gasteiger partial charge in [0.15, 0.2) is 0 Å². The average Bonchev–Trinajstić information content (AvgIpc) is 2.37. The molecule has 0 aliphatic rings. The predicted molar refractivity (Wildman–Crippen MR) is 74.3 cm³/mol. The second-order valence-electron chi connectivity index (χ2n) is 4.72. The number of aliphatic carboxylic acids is 1. The SMILES string of the molecule is CC(C)N(CCC(=O)O)C(=O)N(C)c1ccccc1F. The summed E-state index contributed by atoms with van der Waals surface area (Å²) in [6.45, 7) is 3.66. The molecule has 0 aliphatic carbocycles. The summed E-state index contributed by atoms with van der Waals surface area (Å²) in [7, 11) is 1.47. The summed E-state index contributed by atoms with van der Waals surface area (Å²) >= 11 is 0. The highest BCUT2D eigenvalue weighted by molar-refractivity contribution is 5.92. The van der Waals surface area contributed by atoms with Gasteiger partial charge in [0.1, 0.15) is 5.82 Å². The lowest BCUT2D eigenvalue weighted by Crippen LogP contribution is -2.46. The molecular weight excluding hydrogens is 263 g/mol. The first-order valence-corrected chi connectivity index (χ1v) is 6.35. The van der Waals surface area contributed by atoms with E-state index in [1.165, 1.54) is 29.0 Å². The van der Waals surface area contributed by atoms with Crippen molar-refractivity contribution in [2.24, 2.45) is 0 Å². The molecule has 0 unspecified atom stereocenters. The number of halogens is 1. The van der Waals surface area contributed by atoms with E-state index in [-0.39, 0.29) is 24.7 Å². The molecule has 1 N–H and O–H groups in total. The number of carboxylic acids is 1. The predicted octanol–water partition coefficient (Wildman–Crippen LogP) is 2.57. The van der Waals surface area contributed by atoms with Crippen LogP contribution in [-0.2, 0) is 4.79 Å². The summed E-state index contributed by atoms with van der Waals surface area (Å²) in [5.74, 6) is -1.47. The van der Waals surface area contributed by atoms with Gasteiger partial charge in [0.2, 0.25) is 0 Å². The number of hydrogen-bond donors (Lipinski definition) is 1. The maximum Gasteiger partial charge on any atom is 0.324 e. The van der Waals surface area contributed by atoms with Gasteiger partial charge in [-0.3, -0.25) is 9.69 Å². The van der Waals surface area contributed by atoms with Crippen LogP contribution in [0.2, 0.25) is 0 Å². The Bertz CT molecular complexity index is 491. The molecule has 20 heavy (non-hydrogen) atoms. The molecule has 0 saturated heterocycles. The van der Waals surface area contributed by atoms with Crippen LogP contribution in [0.5, 0.6) is 0 Å². The number of rotatable bonds is 5. The van der Waals surface area contributed by atoms with E-state index in [0.29, 0.717) is 0 Å². The van der Waals surface area contributed by atoms with Crippen molar-refractivity contribution in [3.63, 3.8) is 0 Å². The third kappa shape index (κ3) is 3.94. The van der Waals surface area contributed by atoms with Crippen molar-refractivity contribution in [3.8, 4) is 0 Å². The van der Waals surface area contributed by atoms with Gasteiger partial charge in [-0.1, -0.05) is 12.1 Å². The van der Waals surface area contributed by atoms with Crippen LogP contribution < -0.4 is 4.90 Å². The summed E-state index contributed by atoms with van der Waals surface area (Å²) in [5, 5.41) is 8.71. The molecule has 0 heterocycles. The first-order chi connectivity index (χ1) is 9.34. The highest BCUT2D eigenvalue weighted by atomic mass is 19.1. The van der Waals surface area contributed by atoms with Crippen LogP contribution in [0.15, 0.2) is 24.3 Å². The molecule has 0 atom stereocenters. The van der Waals surface area contributed by atoms with Gasteiger partial charge < -0.3 is 10.0 Å². The average molecular weight is 282 g/mol. The molecule has 0 bridgehead atoms. The topological polar surface area (TPSA) is 60.9 Å². The Labute approximate surface area is 117 Å². The minimum atomic E-state index is -0.975. The van der Waals surface area contributed by atoms with Crippen molar-refractivity contribution >= 4 is 17.7 Å². The Morgan fingerprint density at radius 1 is 1.30 bits per heavy atom. The number of benzene rings is 1. The molecule has 6 heteroatoms. The van der Waals surface area contributed by atoms with Gasteiger partial charge in [0.05, 0.1) is 12.1 Å². The fourth-order valence-electron chi connectivity index (χ4n) is 1.81. The molecule has 110 valence electrons. The molecule has 5 nitrogen and oxygen atoms in total. The van der Waals surface area contributed by atoms with Crippen LogP contribution in [0.25, 0.3) is 0 Å². The minimum Gasteiger partial charge on any atom is -0.481 e. The monoisotopic (exact) mass is 282 g/mol. The van der Waals surface area contributed by atoms with Gasteiger partial charge in [-0.25, -0.2) is 9.18 Å². The van der Waals surface area contributed by atoms with Crippen LogP contribution in [0.1, 0.15) is 20.3 Å². The van der Waals surface area contributed by atoms with Gasteiger partial charge in [-0.15, -0.1) is 0 Å². The second kappa shape index (κ2) is 6.88. The number of carbonyl (C=O) groups excluding carboxylic acids is 1. The molecule has 1 aromatic carbocycles. The number of carboxylic acid groups (broad SMARTS) is 1. The lowest BCUT2D eigenvalue weighted by molar-refractivity contribution is -0.137. The molecule has 1 rings (SSSR count). The van der Waals surface area contributed by atoms with E-state index >= 15 is 0 Å². The van der Waals surface area contributed by atoms with E-state index in [4.69, 9.17) is 5.11 Å². The maximum absolute atomic E-state index is 13.7. The molecule has 0 saturated carbocycles. The van der Waals surface area contributed by atoms with Crippen LogP contribution in [-0.4, -0.2) is 41.6 Å². The van der Waals surface area contributed by atoms with Crippen LogP contribution in [0.4, 0.5) is 14.9 Å². The van der Waals surface area contributed by atoms with Gasteiger partial charge in [-0.05, 0) is 26.0 Å². The van der Waals surface area contributed by atoms with E-state index in [1.54, 1.807) is 26.0 Å². The number of hydrogen-bond acceptors (Lipinski definition) is 2. The summed E-state index contributed by atoms with van der Waals surface area (Å²) in [4.78, 5) is 25.6. The Hall–Kier alpha value is -2.11. The fourth-order valence-corrected chi connectivity index (χ4v) is 1.81. The van der Waals surface area contributed by atoms with Crippen LogP contribution >= 0.6 is 0 Å². The second-order valence-corrected chi connectivity index (χ2v) is 4.72. The van der Waals surface area contributed by atoms with Crippen LogP contribution in [0.3, 0.4) is 0 Å². The first-order valence-electron chi connectivity index (χ1n) is 6.35. The third-order valence-corrected chi connectivity index (χ3v) is 2.94. The summed E-state index contributed by atoms with van der Waals surface area (Å²) in [6, 6.07) is 5.36. The van der Waals surface area contributed by atoms with Crippen molar-refractivity contribution < 1.29 is 19.1 Å². The highest BCUT2D eigenvalue weighted by Crippen LogP contribution is 2.19. The largest absolute Gasteiger partial charge is 0.481 e. The number of nitrogens with zero attached hydrogens (tertiary/aromatic N) is 2. The Morgan fingerprint density at radius 3 is 2.40 bits per heavy atom. The molecule has 0 aliphatic heterocycles. The van der Waals surface area contributed by atoms with Gasteiger partial charge in [0.25, 0.3) is 0 Å². The Balaban J connectivity index is 2.89. The Morgan fingerprint density at radius 2 is 1.90 bits per heavy atom. The van der Waals surface area contributed by atoms with Crippen molar-refractivity contribution in [1.29, 1.82) is 0 Å². The van der Waals surface area contributed by atoms with Gasteiger partial charge in [-0.2, -0.15) is 0 Å². The van der Waals surface area contributed by atoms with Crippen molar-refractivity contribution in [2.75, 3.05) is 18.5 Å². The Kier molecular flexibility index (Phi) is 5.49. The zero-order chi connectivity index (χ0) is 15.3. The van der Waals surface area contributed by atoms with Gasteiger partial charge in [0, 0.05) is 19.6 Å².